The van der Waals surface area contributed by atoms with Gasteiger partial charge in [0.25, 0.3) is 5.69 Å². The van der Waals surface area contributed by atoms with Gasteiger partial charge in [0.05, 0.1) is 11.5 Å². The van der Waals surface area contributed by atoms with Crippen molar-refractivity contribution < 1.29 is 9.66 Å². The molecule has 19 heavy (non-hydrogen) atoms. The van der Waals surface area contributed by atoms with E-state index in [4.69, 9.17) is 4.74 Å². The van der Waals surface area contributed by atoms with Crippen LogP contribution in [-0.2, 0) is 0 Å². The van der Waals surface area contributed by atoms with Gasteiger partial charge in [-0.1, -0.05) is 12.8 Å². The van der Waals surface area contributed by atoms with Crippen molar-refractivity contribution >= 4 is 18.3 Å². The van der Waals surface area contributed by atoms with E-state index >= 15 is 0 Å². The van der Waals surface area contributed by atoms with Crippen molar-refractivity contribution in [1.82, 2.24) is 0 Å². The third kappa shape index (κ3) is 3.21. The second-order valence-corrected chi connectivity index (χ2v) is 5.68. The molecular weight excluding hydrogens is 262 g/mol. The van der Waals surface area contributed by atoms with Crippen molar-refractivity contribution in [3.8, 4) is 5.75 Å². The van der Waals surface area contributed by atoms with Crippen LogP contribution < -0.4 is 4.74 Å². The number of hydrogen-bond donors (Lipinski definition) is 1. The summed E-state index contributed by atoms with van der Waals surface area (Å²) in [4.78, 5) is 10.4. The van der Waals surface area contributed by atoms with Gasteiger partial charge in [-0.2, -0.15) is 12.6 Å². The summed E-state index contributed by atoms with van der Waals surface area (Å²) in [6, 6.07) is 4.91. The predicted octanol–water partition coefficient (Wildman–Crippen LogP) is 3.77. The Morgan fingerprint density at radius 3 is 2.63 bits per heavy atom. The summed E-state index contributed by atoms with van der Waals surface area (Å²) in [7, 11) is 0. The lowest BCUT2D eigenvalue weighted by Gasteiger charge is -2.26. The monoisotopic (exact) mass is 281 g/mol. The lowest BCUT2D eigenvalue weighted by atomic mass is 9.90. The number of hydrogen-bond acceptors (Lipinski definition) is 4. The van der Waals surface area contributed by atoms with Crippen LogP contribution in [0.1, 0.15) is 31.2 Å². The number of nitro groups is 1. The third-order valence-electron chi connectivity index (χ3n) is 3.91. The van der Waals surface area contributed by atoms with Crippen molar-refractivity contribution in [2.24, 2.45) is 5.41 Å². The number of thiol groups is 1. The molecule has 104 valence electrons. The van der Waals surface area contributed by atoms with Gasteiger partial charge in [-0.05, 0) is 37.7 Å². The molecule has 4 nitrogen and oxygen atoms in total. The first-order chi connectivity index (χ1) is 9.06. The first-order valence-electron chi connectivity index (χ1n) is 6.55. The van der Waals surface area contributed by atoms with E-state index in [9.17, 15) is 10.1 Å². The van der Waals surface area contributed by atoms with E-state index in [1.807, 2.05) is 0 Å². The van der Waals surface area contributed by atoms with Gasteiger partial charge in [-0.3, -0.25) is 10.1 Å². The van der Waals surface area contributed by atoms with E-state index in [1.54, 1.807) is 19.1 Å². The summed E-state index contributed by atoms with van der Waals surface area (Å²) in [5.41, 5.74) is 0.949. The molecule has 0 radical (unpaired) electrons. The van der Waals surface area contributed by atoms with Gasteiger partial charge >= 0.3 is 0 Å². The maximum absolute atomic E-state index is 10.8. The number of nitrogens with zero attached hydrogens (tertiary/aromatic N) is 1. The predicted molar refractivity (Wildman–Crippen MR) is 78.1 cm³/mol. The number of rotatable bonds is 5. The highest BCUT2D eigenvalue weighted by atomic mass is 32.1. The van der Waals surface area contributed by atoms with Crippen molar-refractivity contribution in [2.45, 2.75) is 32.6 Å². The molecule has 0 spiro atoms. The molecule has 0 bridgehead atoms. The lowest BCUT2D eigenvalue weighted by molar-refractivity contribution is -0.385. The average Bonchev–Trinajstić information content (AvgIpc) is 2.85. The molecule has 0 aromatic heterocycles. The molecule has 0 saturated heterocycles. The van der Waals surface area contributed by atoms with Crippen LogP contribution in [0.3, 0.4) is 0 Å². The van der Waals surface area contributed by atoms with Gasteiger partial charge in [0.15, 0.2) is 0 Å². The van der Waals surface area contributed by atoms with Crippen molar-refractivity contribution in [2.75, 3.05) is 12.4 Å². The van der Waals surface area contributed by atoms with E-state index in [0.29, 0.717) is 17.9 Å². The fourth-order valence-electron chi connectivity index (χ4n) is 2.63. The molecule has 1 aliphatic rings. The number of benzene rings is 1. The van der Waals surface area contributed by atoms with Crippen molar-refractivity contribution in [1.29, 1.82) is 0 Å². The van der Waals surface area contributed by atoms with E-state index < -0.39 is 0 Å². The lowest BCUT2D eigenvalue weighted by Crippen LogP contribution is -2.27. The van der Waals surface area contributed by atoms with Crippen LogP contribution in [0.2, 0.25) is 0 Å². The molecule has 1 saturated carbocycles. The summed E-state index contributed by atoms with van der Waals surface area (Å²) in [5, 5.41) is 10.8. The van der Waals surface area contributed by atoms with Gasteiger partial charge in [0.1, 0.15) is 5.75 Å². The smallest absolute Gasteiger partial charge is 0.272 e. The Bertz CT molecular complexity index is 470. The Labute approximate surface area is 118 Å². The molecule has 1 aliphatic carbocycles. The first-order valence-corrected chi connectivity index (χ1v) is 7.18. The summed E-state index contributed by atoms with van der Waals surface area (Å²) < 4.78 is 5.83. The summed E-state index contributed by atoms with van der Waals surface area (Å²) in [5.74, 6) is 1.54. The number of ether oxygens (including phenoxy) is 1. The van der Waals surface area contributed by atoms with Crippen LogP contribution in [0.25, 0.3) is 0 Å². The minimum absolute atomic E-state index is 0.136. The third-order valence-corrected chi connectivity index (χ3v) is 4.58. The maximum atomic E-state index is 10.8. The number of aryl methyl sites for hydroxylation is 1. The van der Waals surface area contributed by atoms with E-state index in [-0.39, 0.29) is 16.0 Å². The average molecular weight is 281 g/mol. The second-order valence-electron chi connectivity index (χ2n) is 5.36. The molecule has 1 aromatic carbocycles. The highest BCUT2D eigenvalue weighted by Gasteiger charge is 2.33. The van der Waals surface area contributed by atoms with Crippen LogP contribution >= 0.6 is 12.6 Å². The largest absolute Gasteiger partial charge is 0.493 e. The van der Waals surface area contributed by atoms with Crippen LogP contribution in [0.5, 0.6) is 5.75 Å². The molecule has 2 rings (SSSR count). The fraction of sp³-hybridized carbons (Fsp3) is 0.571. The van der Waals surface area contributed by atoms with Gasteiger partial charge in [0, 0.05) is 17.0 Å². The molecule has 5 heteroatoms. The fourth-order valence-corrected chi connectivity index (χ4v) is 3.04. The molecule has 1 aromatic rings. The highest BCUT2D eigenvalue weighted by Crippen LogP contribution is 2.39. The molecule has 0 N–H and O–H groups in total. The Morgan fingerprint density at radius 2 is 2.11 bits per heavy atom. The van der Waals surface area contributed by atoms with Crippen LogP contribution in [0, 0.1) is 22.5 Å². The molecule has 0 atom stereocenters. The summed E-state index contributed by atoms with van der Waals surface area (Å²) in [6.45, 7) is 2.38. The highest BCUT2D eigenvalue weighted by molar-refractivity contribution is 7.80. The Balaban J connectivity index is 2.03. The van der Waals surface area contributed by atoms with Gasteiger partial charge in [-0.25, -0.2) is 0 Å². The second kappa shape index (κ2) is 5.82. The maximum Gasteiger partial charge on any atom is 0.272 e. The summed E-state index contributed by atoms with van der Waals surface area (Å²) in [6.07, 6.45) is 4.79. The molecular formula is C14H19NO3S. The molecule has 0 aliphatic heterocycles. The molecule has 0 heterocycles. The van der Waals surface area contributed by atoms with E-state index in [2.05, 4.69) is 12.6 Å². The molecule has 0 unspecified atom stereocenters. The summed E-state index contributed by atoms with van der Waals surface area (Å²) >= 11 is 4.44. The standard InChI is InChI=1S/C14H19NO3S/c1-11-8-12(4-5-13(11)15(16)17)18-9-14(10-19)6-2-3-7-14/h4-5,8,19H,2-3,6-7,9-10H2,1H3. The van der Waals surface area contributed by atoms with Crippen LogP contribution in [0.15, 0.2) is 18.2 Å². The van der Waals surface area contributed by atoms with Crippen LogP contribution in [0.4, 0.5) is 5.69 Å². The zero-order valence-corrected chi connectivity index (χ0v) is 12.0. The SMILES string of the molecule is Cc1cc(OCC2(CS)CCCC2)ccc1[N+](=O)[O-]. The Hall–Kier alpha value is -1.23. The van der Waals surface area contributed by atoms with E-state index in [1.165, 1.54) is 18.9 Å². The van der Waals surface area contributed by atoms with E-state index in [0.717, 1.165) is 18.6 Å². The van der Waals surface area contributed by atoms with Gasteiger partial charge < -0.3 is 4.74 Å². The van der Waals surface area contributed by atoms with Crippen LogP contribution in [-0.4, -0.2) is 17.3 Å². The Kier molecular flexibility index (Phi) is 4.34. The minimum atomic E-state index is -0.370. The number of nitro benzene ring substituents is 1. The normalized spacial score (nSPS) is 17.4. The molecule has 1 fully saturated rings. The zero-order chi connectivity index (χ0) is 13.9. The van der Waals surface area contributed by atoms with Gasteiger partial charge in [-0.15, -0.1) is 0 Å². The van der Waals surface area contributed by atoms with Crippen molar-refractivity contribution in [3.05, 3.63) is 33.9 Å². The zero-order valence-electron chi connectivity index (χ0n) is 11.1. The molecule has 0 amide bonds. The first kappa shape index (κ1) is 14.2. The Morgan fingerprint density at radius 1 is 1.42 bits per heavy atom. The minimum Gasteiger partial charge on any atom is -0.493 e. The quantitative estimate of drug-likeness (QED) is 0.508. The topological polar surface area (TPSA) is 52.4 Å². The van der Waals surface area contributed by atoms with Gasteiger partial charge in [0.2, 0.25) is 0 Å². The van der Waals surface area contributed by atoms with Crippen molar-refractivity contribution in [3.63, 3.8) is 0 Å².